The van der Waals surface area contributed by atoms with Crippen LogP contribution < -0.4 is 0 Å². The predicted octanol–water partition coefficient (Wildman–Crippen LogP) is 6.73. The number of unbranched alkanes of at least 4 members (excludes halogenated alkanes) is 2. The van der Waals surface area contributed by atoms with Crippen LogP contribution in [0.1, 0.15) is 48.4 Å². The van der Waals surface area contributed by atoms with Gasteiger partial charge >= 0.3 is 0 Å². The van der Waals surface area contributed by atoms with Crippen LogP contribution in [0.25, 0.3) is 11.1 Å². The molecule has 1 N–H and O–H groups in total. The topological polar surface area (TPSA) is 44.0 Å². The summed E-state index contributed by atoms with van der Waals surface area (Å²) < 4.78 is 29.6. The molecule has 0 aliphatic carbocycles. The number of benzene rings is 3. The van der Waals surface area contributed by atoms with Crippen molar-refractivity contribution in [1.82, 2.24) is 0 Å². The van der Waals surface area contributed by atoms with Gasteiger partial charge in [-0.25, -0.2) is 8.78 Å². The number of aryl methyl sites for hydroxylation is 2. The molecule has 0 atom stereocenters. The Bertz CT molecular complexity index is 1030. The van der Waals surface area contributed by atoms with Crippen LogP contribution in [-0.2, 0) is 19.3 Å². The van der Waals surface area contributed by atoms with Crippen molar-refractivity contribution < 1.29 is 13.9 Å². The number of hydrogen-bond acceptors (Lipinski definition) is 2. The zero-order chi connectivity index (χ0) is 21.5. The molecule has 0 aliphatic rings. The van der Waals surface area contributed by atoms with Crippen LogP contribution in [0.15, 0.2) is 54.6 Å². The fourth-order valence-electron chi connectivity index (χ4n) is 3.58. The number of phenols is 1. The molecule has 0 unspecified atom stereocenters. The molecule has 3 rings (SSSR count). The van der Waals surface area contributed by atoms with Gasteiger partial charge in [0, 0.05) is 11.6 Å². The molecule has 0 heterocycles. The molecule has 154 valence electrons. The highest BCUT2D eigenvalue weighted by atomic mass is 19.1. The van der Waals surface area contributed by atoms with Crippen LogP contribution in [-0.4, -0.2) is 5.11 Å². The van der Waals surface area contributed by atoms with Crippen molar-refractivity contribution in [2.24, 2.45) is 0 Å². The van der Waals surface area contributed by atoms with Crippen molar-refractivity contribution in [2.75, 3.05) is 0 Å². The minimum Gasteiger partial charge on any atom is -0.507 e. The Labute approximate surface area is 176 Å². The quantitative estimate of drug-likeness (QED) is 0.422. The number of phenolic OH excluding ortho intramolecular Hbond substituents is 1. The van der Waals surface area contributed by atoms with Crippen LogP contribution in [0.5, 0.6) is 5.75 Å². The first kappa shape index (κ1) is 21.5. The average Bonchev–Trinajstić information content (AvgIpc) is 2.75. The fourth-order valence-corrected chi connectivity index (χ4v) is 3.58. The highest BCUT2D eigenvalue weighted by molar-refractivity contribution is 5.72. The number of aromatic hydroxyl groups is 1. The number of halogens is 2. The molecule has 0 saturated heterocycles. The standard InChI is InChI=1S/C26H25F2NO/c1-2-3-4-5-18-10-13-21(14-11-18)25-24(30)16-23(27)22(26(25)28)15-12-19-6-8-20(17-29)9-7-19/h6-11,13-14,16,30H,2-5,12,15H2,1H3. The van der Waals surface area contributed by atoms with E-state index in [0.717, 1.165) is 42.9 Å². The molecule has 0 radical (unpaired) electrons. The third-order valence-corrected chi connectivity index (χ3v) is 5.35. The van der Waals surface area contributed by atoms with Crippen LogP contribution in [0.3, 0.4) is 0 Å². The molecule has 3 aromatic carbocycles. The zero-order valence-electron chi connectivity index (χ0n) is 17.1. The number of nitrogens with zero attached hydrogens (tertiary/aromatic N) is 1. The Morgan fingerprint density at radius 2 is 1.50 bits per heavy atom. The first-order valence-electron chi connectivity index (χ1n) is 10.3. The predicted molar refractivity (Wildman–Crippen MR) is 115 cm³/mol. The maximum Gasteiger partial charge on any atom is 0.140 e. The molecule has 0 aromatic heterocycles. The minimum atomic E-state index is -0.751. The summed E-state index contributed by atoms with van der Waals surface area (Å²) in [6.07, 6.45) is 4.97. The molecule has 4 heteroatoms. The van der Waals surface area contributed by atoms with E-state index in [1.807, 2.05) is 18.2 Å². The van der Waals surface area contributed by atoms with Gasteiger partial charge < -0.3 is 5.11 Å². The largest absolute Gasteiger partial charge is 0.507 e. The van der Waals surface area contributed by atoms with E-state index in [4.69, 9.17) is 5.26 Å². The van der Waals surface area contributed by atoms with Gasteiger partial charge in [-0.3, -0.25) is 0 Å². The summed E-state index contributed by atoms with van der Waals surface area (Å²) in [6.45, 7) is 2.15. The summed E-state index contributed by atoms with van der Waals surface area (Å²) in [5.74, 6) is -1.87. The normalized spacial score (nSPS) is 10.7. The first-order chi connectivity index (χ1) is 14.5. The van der Waals surface area contributed by atoms with Crippen LogP contribution in [0.2, 0.25) is 0 Å². The van der Waals surface area contributed by atoms with E-state index >= 15 is 4.39 Å². The molecule has 30 heavy (non-hydrogen) atoms. The van der Waals surface area contributed by atoms with Gasteiger partial charge in [0.2, 0.25) is 0 Å². The maximum atomic E-state index is 15.2. The van der Waals surface area contributed by atoms with Gasteiger partial charge in [0.05, 0.1) is 17.2 Å². The summed E-state index contributed by atoms with van der Waals surface area (Å²) >= 11 is 0. The Morgan fingerprint density at radius 1 is 0.867 bits per heavy atom. The summed E-state index contributed by atoms with van der Waals surface area (Å²) in [6, 6.07) is 17.4. The van der Waals surface area contributed by atoms with Crippen LogP contribution >= 0.6 is 0 Å². The van der Waals surface area contributed by atoms with Crippen molar-refractivity contribution in [1.29, 1.82) is 5.26 Å². The van der Waals surface area contributed by atoms with E-state index < -0.39 is 17.4 Å². The SMILES string of the molecule is CCCCCc1ccc(-c2c(O)cc(F)c(CCc3ccc(C#N)cc3)c2F)cc1. The lowest BCUT2D eigenvalue weighted by Crippen LogP contribution is -2.02. The van der Waals surface area contributed by atoms with Gasteiger partial charge in [0.25, 0.3) is 0 Å². The van der Waals surface area contributed by atoms with Gasteiger partial charge in [-0.05, 0) is 54.5 Å². The highest BCUT2D eigenvalue weighted by Crippen LogP contribution is 2.36. The molecular weight excluding hydrogens is 380 g/mol. The number of rotatable bonds is 8. The smallest absolute Gasteiger partial charge is 0.140 e. The maximum absolute atomic E-state index is 15.2. The highest BCUT2D eigenvalue weighted by Gasteiger charge is 2.19. The summed E-state index contributed by atoms with van der Waals surface area (Å²) in [5, 5.41) is 19.1. The van der Waals surface area contributed by atoms with E-state index in [9.17, 15) is 9.50 Å². The Balaban J connectivity index is 1.82. The lowest BCUT2D eigenvalue weighted by molar-refractivity contribution is 0.459. The van der Waals surface area contributed by atoms with Gasteiger partial charge in [-0.1, -0.05) is 56.2 Å². The summed E-state index contributed by atoms with van der Waals surface area (Å²) in [4.78, 5) is 0. The van der Waals surface area contributed by atoms with Crippen molar-refractivity contribution in [2.45, 2.75) is 45.4 Å². The fraction of sp³-hybridized carbons (Fsp3) is 0.269. The molecule has 0 aliphatic heterocycles. The second-order valence-corrected chi connectivity index (χ2v) is 7.51. The van der Waals surface area contributed by atoms with Crippen molar-refractivity contribution in [3.8, 4) is 22.9 Å². The Kier molecular flexibility index (Phi) is 7.19. The molecule has 0 amide bonds. The van der Waals surface area contributed by atoms with Crippen LogP contribution in [0, 0.1) is 23.0 Å². The first-order valence-corrected chi connectivity index (χ1v) is 10.3. The zero-order valence-corrected chi connectivity index (χ0v) is 17.1. The second kappa shape index (κ2) is 10.0. The van der Waals surface area contributed by atoms with Gasteiger partial charge in [-0.2, -0.15) is 5.26 Å². The van der Waals surface area contributed by atoms with Crippen molar-refractivity contribution >= 4 is 0 Å². The van der Waals surface area contributed by atoms with E-state index in [-0.39, 0.29) is 17.5 Å². The molecule has 2 nitrogen and oxygen atoms in total. The summed E-state index contributed by atoms with van der Waals surface area (Å²) in [5.41, 5.74) is 3.12. The number of hydrogen-bond donors (Lipinski definition) is 1. The van der Waals surface area contributed by atoms with Gasteiger partial charge in [0.1, 0.15) is 17.4 Å². The number of nitriles is 1. The van der Waals surface area contributed by atoms with E-state index in [2.05, 4.69) is 6.92 Å². The summed E-state index contributed by atoms with van der Waals surface area (Å²) in [7, 11) is 0. The molecule has 0 fully saturated rings. The van der Waals surface area contributed by atoms with Crippen LogP contribution in [0.4, 0.5) is 8.78 Å². The molecule has 0 saturated carbocycles. The van der Waals surface area contributed by atoms with Crippen molar-refractivity contribution in [3.63, 3.8) is 0 Å². The van der Waals surface area contributed by atoms with E-state index in [1.54, 1.807) is 36.4 Å². The molecule has 0 bridgehead atoms. The second-order valence-electron chi connectivity index (χ2n) is 7.51. The molecule has 3 aromatic rings. The van der Waals surface area contributed by atoms with E-state index in [0.29, 0.717) is 17.5 Å². The third-order valence-electron chi connectivity index (χ3n) is 5.35. The molecule has 0 spiro atoms. The third kappa shape index (κ3) is 5.04. The lowest BCUT2D eigenvalue weighted by atomic mass is 9.95. The van der Waals surface area contributed by atoms with Gasteiger partial charge in [0.15, 0.2) is 0 Å². The Hall–Kier alpha value is -3.19. The minimum absolute atomic E-state index is 0.0336. The van der Waals surface area contributed by atoms with Gasteiger partial charge in [-0.15, -0.1) is 0 Å². The lowest BCUT2D eigenvalue weighted by Gasteiger charge is -2.13. The van der Waals surface area contributed by atoms with E-state index in [1.165, 1.54) is 0 Å². The Morgan fingerprint density at radius 3 is 2.13 bits per heavy atom. The van der Waals surface area contributed by atoms with Crippen molar-refractivity contribution in [3.05, 3.63) is 88.5 Å². The average molecular weight is 405 g/mol. The monoisotopic (exact) mass is 405 g/mol. The molecular formula is C26H25F2NO.